The molecule has 1 N–H and O–H groups in total. The Morgan fingerprint density at radius 1 is 1.12 bits per heavy atom. The SMILES string of the molecule is COc1cc(C)c(S(=O)(=O)NCCCCN2C[C@H](C)C[C@@H](C)C2)cc1C. The minimum atomic E-state index is -3.48. The molecule has 0 spiro atoms. The van der Waals surface area contributed by atoms with Gasteiger partial charge in [-0.2, -0.15) is 0 Å². The zero-order chi connectivity index (χ0) is 19.3. The van der Waals surface area contributed by atoms with Crippen LogP contribution in [0.1, 0.15) is 44.2 Å². The fourth-order valence-electron chi connectivity index (χ4n) is 3.99. The van der Waals surface area contributed by atoms with Gasteiger partial charge in [0.1, 0.15) is 5.75 Å². The molecule has 2 rings (SSSR count). The van der Waals surface area contributed by atoms with Crippen LogP contribution in [0.15, 0.2) is 17.0 Å². The van der Waals surface area contributed by atoms with Crippen molar-refractivity contribution in [3.63, 3.8) is 0 Å². The summed E-state index contributed by atoms with van der Waals surface area (Å²) in [5, 5.41) is 0. The second-order valence-corrected chi connectivity index (χ2v) is 9.63. The number of hydrogen-bond acceptors (Lipinski definition) is 4. The molecular weight excluding hydrogens is 348 g/mol. The molecule has 0 aliphatic carbocycles. The molecule has 1 heterocycles. The van der Waals surface area contributed by atoms with E-state index in [1.54, 1.807) is 26.2 Å². The maximum Gasteiger partial charge on any atom is 0.240 e. The average Bonchev–Trinajstić information content (AvgIpc) is 2.55. The zero-order valence-corrected chi connectivity index (χ0v) is 17.7. The molecule has 5 nitrogen and oxygen atoms in total. The lowest BCUT2D eigenvalue weighted by atomic mass is 9.92. The van der Waals surface area contributed by atoms with Crippen molar-refractivity contribution in [2.24, 2.45) is 11.8 Å². The number of rotatable bonds is 8. The number of benzene rings is 1. The van der Waals surface area contributed by atoms with Crippen molar-refractivity contribution in [1.29, 1.82) is 0 Å². The minimum absolute atomic E-state index is 0.342. The fraction of sp³-hybridized carbons (Fsp3) is 0.700. The smallest absolute Gasteiger partial charge is 0.240 e. The number of hydrogen-bond donors (Lipinski definition) is 1. The van der Waals surface area contributed by atoms with E-state index in [2.05, 4.69) is 23.5 Å². The van der Waals surface area contributed by atoms with E-state index in [9.17, 15) is 8.42 Å². The van der Waals surface area contributed by atoms with E-state index in [-0.39, 0.29) is 0 Å². The van der Waals surface area contributed by atoms with Crippen LogP contribution in [0.25, 0.3) is 0 Å². The largest absolute Gasteiger partial charge is 0.496 e. The van der Waals surface area contributed by atoms with Crippen LogP contribution in [0.5, 0.6) is 5.75 Å². The van der Waals surface area contributed by atoms with Gasteiger partial charge in [-0.3, -0.25) is 0 Å². The van der Waals surface area contributed by atoms with E-state index < -0.39 is 10.0 Å². The second-order valence-electron chi connectivity index (χ2n) is 7.90. The summed E-state index contributed by atoms with van der Waals surface area (Å²) in [4.78, 5) is 2.86. The summed E-state index contributed by atoms with van der Waals surface area (Å²) < 4.78 is 33.2. The lowest BCUT2D eigenvalue weighted by Crippen LogP contribution is -2.39. The number of likely N-dealkylation sites (tertiary alicyclic amines) is 1. The zero-order valence-electron chi connectivity index (χ0n) is 16.8. The van der Waals surface area contributed by atoms with Crippen molar-refractivity contribution in [3.05, 3.63) is 23.3 Å². The molecular formula is C20H34N2O3S. The molecule has 148 valence electrons. The molecule has 1 fully saturated rings. The molecule has 26 heavy (non-hydrogen) atoms. The van der Waals surface area contributed by atoms with Crippen LogP contribution in [0.3, 0.4) is 0 Å². The highest BCUT2D eigenvalue weighted by molar-refractivity contribution is 7.89. The molecule has 6 heteroatoms. The van der Waals surface area contributed by atoms with Gasteiger partial charge in [0.05, 0.1) is 12.0 Å². The van der Waals surface area contributed by atoms with E-state index in [4.69, 9.17) is 4.74 Å². The van der Waals surface area contributed by atoms with Crippen molar-refractivity contribution in [1.82, 2.24) is 9.62 Å². The van der Waals surface area contributed by atoms with Crippen molar-refractivity contribution < 1.29 is 13.2 Å². The molecule has 0 saturated carbocycles. The van der Waals surface area contributed by atoms with Gasteiger partial charge < -0.3 is 9.64 Å². The Morgan fingerprint density at radius 2 is 1.77 bits per heavy atom. The third-order valence-electron chi connectivity index (χ3n) is 5.12. The van der Waals surface area contributed by atoms with Gasteiger partial charge >= 0.3 is 0 Å². The normalized spacial score (nSPS) is 21.7. The van der Waals surface area contributed by atoms with E-state index in [1.807, 2.05) is 6.92 Å². The lowest BCUT2D eigenvalue weighted by Gasteiger charge is -2.34. The van der Waals surface area contributed by atoms with Crippen LogP contribution in [0.2, 0.25) is 0 Å². The predicted molar refractivity (Wildman–Crippen MR) is 106 cm³/mol. The minimum Gasteiger partial charge on any atom is -0.496 e. The summed E-state index contributed by atoms with van der Waals surface area (Å²) in [5.74, 6) is 2.24. The third kappa shape index (κ3) is 5.69. The van der Waals surface area contributed by atoms with E-state index in [1.165, 1.54) is 19.5 Å². The molecule has 0 aromatic heterocycles. The topological polar surface area (TPSA) is 58.6 Å². The van der Waals surface area contributed by atoms with Crippen LogP contribution >= 0.6 is 0 Å². The van der Waals surface area contributed by atoms with Crippen LogP contribution < -0.4 is 9.46 Å². The Labute approximate surface area is 159 Å². The summed E-state index contributed by atoms with van der Waals surface area (Å²) in [5.41, 5.74) is 1.53. The average molecular weight is 383 g/mol. The molecule has 1 aliphatic heterocycles. The first-order valence-corrected chi connectivity index (χ1v) is 11.1. The number of aryl methyl sites for hydroxylation is 2. The Balaban J connectivity index is 1.82. The van der Waals surface area contributed by atoms with Gasteiger partial charge in [0.15, 0.2) is 0 Å². The fourth-order valence-corrected chi connectivity index (χ4v) is 5.38. The molecule has 1 saturated heterocycles. The first-order valence-electron chi connectivity index (χ1n) is 9.60. The Morgan fingerprint density at radius 3 is 2.38 bits per heavy atom. The Bertz CT molecular complexity index is 693. The quantitative estimate of drug-likeness (QED) is 0.701. The lowest BCUT2D eigenvalue weighted by molar-refractivity contribution is 0.139. The molecule has 1 aliphatic rings. The molecule has 0 bridgehead atoms. The highest BCUT2D eigenvalue weighted by Crippen LogP contribution is 2.25. The summed E-state index contributed by atoms with van der Waals surface area (Å²) in [6.07, 6.45) is 3.19. The van der Waals surface area contributed by atoms with E-state index in [0.717, 1.165) is 36.8 Å². The molecule has 1 aromatic carbocycles. The van der Waals surface area contributed by atoms with Crippen molar-refractivity contribution >= 4 is 10.0 Å². The maximum absolute atomic E-state index is 12.6. The van der Waals surface area contributed by atoms with Crippen LogP contribution in [0.4, 0.5) is 0 Å². The van der Waals surface area contributed by atoms with Gasteiger partial charge in [-0.1, -0.05) is 13.8 Å². The number of unbranched alkanes of at least 4 members (excludes halogenated alkanes) is 1. The molecule has 1 aromatic rings. The van der Waals surface area contributed by atoms with Crippen LogP contribution in [-0.4, -0.2) is 46.6 Å². The summed E-state index contributed by atoms with van der Waals surface area (Å²) >= 11 is 0. The van der Waals surface area contributed by atoms with Gasteiger partial charge in [0, 0.05) is 19.6 Å². The van der Waals surface area contributed by atoms with Gasteiger partial charge in [-0.05, 0) is 74.8 Å². The number of methoxy groups -OCH3 is 1. The molecule has 0 unspecified atom stereocenters. The maximum atomic E-state index is 12.6. The van der Waals surface area contributed by atoms with E-state index in [0.29, 0.717) is 22.8 Å². The Hall–Kier alpha value is -1.11. The first-order chi connectivity index (χ1) is 12.2. The van der Waals surface area contributed by atoms with Crippen LogP contribution in [-0.2, 0) is 10.0 Å². The standard InChI is InChI=1S/C20H34N2O3S/c1-15-10-16(2)14-22(13-15)9-7-6-8-21-26(23,24)20-12-17(3)19(25-5)11-18(20)4/h11-12,15-16,21H,6-10,13-14H2,1-5H3/t15-,16-/m1/s1. The Kier molecular flexibility index (Phi) is 7.50. The van der Waals surface area contributed by atoms with Crippen molar-refractivity contribution in [2.45, 2.75) is 51.9 Å². The van der Waals surface area contributed by atoms with Crippen molar-refractivity contribution in [2.75, 3.05) is 33.3 Å². The monoisotopic (exact) mass is 382 g/mol. The van der Waals surface area contributed by atoms with Crippen molar-refractivity contribution in [3.8, 4) is 5.75 Å². The highest BCUT2D eigenvalue weighted by Gasteiger charge is 2.21. The highest BCUT2D eigenvalue weighted by atomic mass is 32.2. The number of nitrogens with zero attached hydrogens (tertiary/aromatic N) is 1. The van der Waals surface area contributed by atoms with Gasteiger partial charge in [-0.25, -0.2) is 13.1 Å². The summed E-state index contributed by atoms with van der Waals surface area (Å²) in [6.45, 7) is 12.2. The van der Waals surface area contributed by atoms with E-state index >= 15 is 0 Å². The second kappa shape index (κ2) is 9.20. The van der Waals surface area contributed by atoms with Gasteiger partial charge in [0.25, 0.3) is 0 Å². The summed E-state index contributed by atoms with van der Waals surface area (Å²) in [6, 6.07) is 3.47. The number of nitrogens with one attached hydrogen (secondary N) is 1. The number of piperidine rings is 1. The predicted octanol–water partition coefficient (Wildman–Crippen LogP) is 3.35. The number of sulfonamides is 1. The van der Waals surface area contributed by atoms with Gasteiger partial charge in [-0.15, -0.1) is 0 Å². The molecule has 2 atom stereocenters. The first kappa shape index (κ1) is 21.2. The van der Waals surface area contributed by atoms with Crippen LogP contribution in [0, 0.1) is 25.7 Å². The third-order valence-corrected chi connectivity index (χ3v) is 6.72. The van der Waals surface area contributed by atoms with Gasteiger partial charge in [0.2, 0.25) is 10.0 Å². The molecule has 0 radical (unpaired) electrons. The molecule has 0 amide bonds. The summed E-state index contributed by atoms with van der Waals surface area (Å²) in [7, 11) is -1.89. The number of ether oxygens (including phenoxy) is 1.